The summed E-state index contributed by atoms with van der Waals surface area (Å²) < 4.78 is 0. The van der Waals surface area contributed by atoms with Crippen molar-refractivity contribution < 1.29 is 4.79 Å². The lowest BCUT2D eigenvalue weighted by Crippen LogP contribution is -2.33. The Morgan fingerprint density at radius 3 is 2.50 bits per heavy atom. The Morgan fingerprint density at radius 1 is 0.889 bits per heavy atom. The number of hydrogen-bond donors (Lipinski definition) is 0. The number of aryl methyl sites for hydroxylation is 1. The second-order valence-corrected chi connectivity index (χ2v) is 10.1. The van der Waals surface area contributed by atoms with Gasteiger partial charge in [0.15, 0.2) is 0 Å². The van der Waals surface area contributed by atoms with Crippen LogP contribution in [0, 0.1) is 6.92 Å². The molecule has 4 nitrogen and oxygen atoms in total. The van der Waals surface area contributed by atoms with Crippen molar-refractivity contribution in [2.24, 2.45) is 0 Å². The minimum absolute atomic E-state index is 0.123. The van der Waals surface area contributed by atoms with E-state index in [4.69, 9.17) is 4.98 Å². The molecule has 0 aliphatic carbocycles. The van der Waals surface area contributed by atoms with Gasteiger partial charge in [0.25, 0.3) is 0 Å². The largest absolute Gasteiger partial charge is 0.338 e. The topological polar surface area (TPSA) is 46.1 Å². The van der Waals surface area contributed by atoms with Crippen LogP contribution in [0.2, 0.25) is 0 Å². The van der Waals surface area contributed by atoms with E-state index in [1.807, 2.05) is 48.2 Å². The Balaban J connectivity index is 1.32. The molecule has 180 valence electrons. The Morgan fingerprint density at radius 2 is 1.67 bits per heavy atom. The van der Waals surface area contributed by atoms with Gasteiger partial charge in [-0.15, -0.1) is 11.3 Å². The molecule has 0 spiro atoms. The van der Waals surface area contributed by atoms with Crippen molar-refractivity contribution in [3.63, 3.8) is 0 Å². The molecule has 0 fully saturated rings. The number of aromatic nitrogens is 2. The van der Waals surface area contributed by atoms with Crippen molar-refractivity contribution in [3.8, 4) is 0 Å². The molecule has 0 radical (unpaired) electrons. The second-order valence-electron chi connectivity index (χ2n) is 8.98. The molecule has 5 heteroatoms. The van der Waals surface area contributed by atoms with Gasteiger partial charge >= 0.3 is 0 Å². The van der Waals surface area contributed by atoms with Gasteiger partial charge in [-0.2, -0.15) is 0 Å². The molecular weight excluding hydrogens is 462 g/mol. The van der Waals surface area contributed by atoms with E-state index in [-0.39, 0.29) is 5.91 Å². The van der Waals surface area contributed by atoms with Crippen LogP contribution in [0.1, 0.15) is 32.4 Å². The summed E-state index contributed by atoms with van der Waals surface area (Å²) in [5.41, 5.74) is 4.34. The highest BCUT2D eigenvalue weighted by molar-refractivity contribution is 7.11. The second kappa shape index (κ2) is 11.3. The first-order valence-corrected chi connectivity index (χ1v) is 13.1. The lowest BCUT2D eigenvalue weighted by molar-refractivity contribution is -0.131. The van der Waals surface area contributed by atoms with Crippen LogP contribution in [0.3, 0.4) is 0 Å². The van der Waals surface area contributed by atoms with Crippen molar-refractivity contribution in [2.45, 2.75) is 32.7 Å². The molecule has 5 rings (SSSR count). The van der Waals surface area contributed by atoms with Gasteiger partial charge in [0, 0.05) is 42.7 Å². The first-order chi connectivity index (χ1) is 17.7. The van der Waals surface area contributed by atoms with Gasteiger partial charge in [-0.1, -0.05) is 78.9 Å². The average molecular weight is 492 g/mol. The molecule has 36 heavy (non-hydrogen) atoms. The standard InChI is InChI=1S/C31H29N3OS/c1-23-29(36-30(33-23)20-26-14-9-13-25-12-5-6-16-28(25)26)21-31(35)34(22-24-10-3-2-4-11-24)19-17-27-15-7-8-18-32-27/h2-16,18H,17,19-22H2,1H3. The molecule has 2 aromatic heterocycles. The number of amides is 1. The lowest BCUT2D eigenvalue weighted by atomic mass is 10.0. The molecule has 0 aliphatic heterocycles. The number of carbonyl (C=O) groups excluding carboxylic acids is 1. The molecule has 0 atom stereocenters. The van der Waals surface area contributed by atoms with E-state index in [1.165, 1.54) is 16.3 Å². The van der Waals surface area contributed by atoms with E-state index in [2.05, 4.69) is 59.6 Å². The van der Waals surface area contributed by atoms with E-state index in [0.29, 0.717) is 19.5 Å². The number of thiazole rings is 1. The molecule has 2 heterocycles. The minimum Gasteiger partial charge on any atom is -0.338 e. The molecule has 0 saturated carbocycles. The van der Waals surface area contributed by atoms with Crippen LogP contribution in [0.15, 0.2) is 97.2 Å². The molecule has 5 aromatic rings. The summed E-state index contributed by atoms with van der Waals surface area (Å²) in [6.45, 7) is 3.24. The van der Waals surface area contributed by atoms with Crippen LogP contribution >= 0.6 is 11.3 Å². The normalized spacial score (nSPS) is 11.0. The van der Waals surface area contributed by atoms with E-state index in [1.54, 1.807) is 17.5 Å². The predicted molar refractivity (Wildman–Crippen MR) is 147 cm³/mol. The maximum atomic E-state index is 13.5. The highest BCUT2D eigenvalue weighted by atomic mass is 32.1. The highest BCUT2D eigenvalue weighted by Gasteiger charge is 2.19. The summed E-state index contributed by atoms with van der Waals surface area (Å²) in [5.74, 6) is 0.123. The van der Waals surface area contributed by atoms with Crippen molar-refractivity contribution in [1.29, 1.82) is 0 Å². The summed E-state index contributed by atoms with van der Waals surface area (Å²) in [6, 6.07) is 31.0. The smallest absolute Gasteiger partial charge is 0.228 e. The third-order valence-corrected chi connectivity index (χ3v) is 7.56. The van der Waals surface area contributed by atoms with Gasteiger partial charge in [-0.05, 0) is 41.0 Å². The summed E-state index contributed by atoms with van der Waals surface area (Å²) in [5, 5.41) is 3.55. The number of nitrogens with zero attached hydrogens (tertiary/aromatic N) is 3. The van der Waals surface area contributed by atoms with Gasteiger partial charge in [-0.25, -0.2) is 4.98 Å². The first kappa shape index (κ1) is 23.9. The highest BCUT2D eigenvalue weighted by Crippen LogP contribution is 2.26. The molecule has 0 N–H and O–H groups in total. The fourth-order valence-corrected chi connectivity index (χ4v) is 5.56. The third-order valence-electron chi connectivity index (χ3n) is 6.40. The fraction of sp³-hybridized carbons (Fsp3) is 0.194. The zero-order valence-electron chi connectivity index (χ0n) is 20.4. The Kier molecular flexibility index (Phi) is 7.48. The monoisotopic (exact) mass is 491 g/mol. The molecular formula is C31H29N3OS. The van der Waals surface area contributed by atoms with E-state index < -0.39 is 0 Å². The zero-order valence-corrected chi connectivity index (χ0v) is 21.2. The Hall–Kier alpha value is -3.83. The van der Waals surface area contributed by atoms with Crippen LogP contribution in [0.25, 0.3) is 10.8 Å². The molecule has 0 bridgehead atoms. The van der Waals surface area contributed by atoms with Crippen LogP contribution < -0.4 is 0 Å². The molecule has 0 saturated heterocycles. The van der Waals surface area contributed by atoms with E-state index in [0.717, 1.165) is 39.7 Å². The van der Waals surface area contributed by atoms with Gasteiger partial charge in [-0.3, -0.25) is 9.78 Å². The van der Waals surface area contributed by atoms with Crippen molar-refractivity contribution in [1.82, 2.24) is 14.9 Å². The SMILES string of the molecule is Cc1nc(Cc2cccc3ccccc23)sc1CC(=O)N(CCc1ccccn1)Cc1ccccc1. The van der Waals surface area contributed by atoms with Crippen LogP contribution in [-0.4, -0.2) is 27.3 Å². The first-order valence-electron chi connectivity index (χ1n) is 12.3. The number of carbonyl (C=O) groups is 1. The van der Waals surface area contributed by atoms with Gasteiger partial charge in [0.2, 0.25) is 5.91 Å². The summed E-state index contributed by atoms with van der Waals surface area (Å²) >= 11 is 1.66. The van der Waals surface area contributed by atoms with Gasteiger partial charge < -0.3 is 4.90 Å². The summed E-state index contributed by atoms with van der Waals surface area (Å²) in [7, 11) is 0. The van der Waals surface area contributed by atoms with Crippen LogP contribution in [0.4, 0.5) is 0 Å². The third kappa shape index (κ3) is 5.86. The van der Waals surface area contributed by atoms with Crippen molar-refractivity contribution >= 4 is 28.0 Å². The van der Waals surface area contributed by atoms with Crippen LogP contribution in [0.5, 0.6) is 0 Å². The maximum absolute atomic E-state index is 13.5. The van der Waals surface area contributed by atoms with Gasteiger partial charge in [0.1, 0.15) is 0 Å². The maximum Gasteiger partial charge on any atom is 0.228 e. The molecule has 3 aromatic carbocycles. The van der Waals surface area contributed by atoms with Gasteiger partial charge in [0.05, 0.1) is 17.1 Å². The Labute approximate surface area is 216 Å². The van der Waals surface area contributed by atoms with Crippen LogP contribution in [-0.2, 0) is 30.6 Å². The number of fused-ring (bicyclic) bond motifs is 1. The summed E-state index contributed by atoms with van der Waals surface area (Å²) in [6.07, 6.45) is 3.67. The number of benzene rings is 3. The van der Waals surface area contributed by atoms with Crippen molar-refractivity contribution in [3.05, 3.63) is 130 Å². The van der Waals surface area contributed by atoms with E-state index >= 15 is 0 Å². The Bertz CT molecular complexity index is 1440. The fourth-order valence-electron chi connectivity index (χ4n) is 4.48. The summed E-state index contributed by atoms with van der Waals surface area (Å²) in [4.78, 5) is 25.8. The minimum atomic E-state index is 0.123. The quantitative estimate of drug-likeness (QED) is 0.240. The van der Waals surface area contributed by atoms with Crippen molar-refractivity contribution in [2.75, 3.05) is 6.54 Å². The number of pyridine rings is 1. The number of rotatable bonds is 9. The molecule has 0 aliphatic rings. The number of hydrogen-bond acceptors (Lipinski definition) is 4. The lowest BCUT2D eigenvalue weighted by Gasteiger charge is -2.23. The van der Waals surface area contributed by atoms with E-state index in [9.17, 15) is 4.79 Å². The zero-order chi connectivity index (χ0) is 24.7. The average Bonchev–Trinajstić information content (AvgIpc) is 3.26. The molecule has 0 unspecified atom stereocenters. The molecule has 1 amide bonds. The predicted octanol–water partition coefficient (Wildman–Crippen LogP) is 6.40.